The van der Waals surface area contributed by atoms with Gasteiger partial charge in [0, 0.05) is 18.1 Å². The molecule has 25 heavy (non-hydrogen) atoms. The molecule has 2 aromatic carbocycles. The van der Waals surface area contributed by atoms with Crippen LogP contribution in [0.5, 0.6) is 0 Å². The number of alkyl halides is 3. The molecule has 3 nitrogen and oxygen atoms in total. The number of carbonyl (C=O) groups is 1. The molecule has 0 bridgehead atoms. The van der Waals surface area contributed by atoms with Gasteiger partial charge in [-0.15, -0.1) is 0 Å². The number of benzene rings is 2. The van der Waals surface area contributed by atoms with Crippen LogP contribution in [0.3, 0.4) is 0 Å². The number of rotatable bonds is 3. The topological polar surface area (TPSA) is 34.0 Å². The first-order valence-corrected chi connectivity index (χ1v) is 7.64. The molecule has 0 fully saturated rings. The molecule has 1 N–H and O–H groups in total. The van der Waals surface area contributed by atoms with Gasteiger partial charge in [0.05, 0.1) is 21.8 Å². The number of aromatic nitrogens is 1. The van der Waals surface area contributed by atoms with Gasteiger partial charge in [-0.05, 0) is 42.5 Å². The van der Waals surface area contributed by atoms with Crippen molar-refractivity contribution in [2.45, 2.75) is 6.18 Å². The Morgan fingerprint density at radius 2 is 1.68 bits per heavy atom. The van der Waals surface area contributed by atoms with Gasteiger partial charge in [0.1, 0.15) is 0 Å². The Balaban J connectivity index is 1.94. The van der Waals surface area contributed by atoms with Gasteiger partial charge in [-0.25, -0.2) is 0 Å². The Morgan fingerprint density at radius 1 is 1.00 bits per heavy atom. The fraction of sp³-hybridized carbons (Fsp3) is 0.0556. The predicted molar refractivity (Wildman–Crippen MR) is 90.2 cm³/mol. The summed E-state index contributed by atoms with van der Waals surface area (Å²) in [4.78, 5) is 12.5. The summed E-state index contributed by atoms with van der Waals surface area (Å²) >= 11 is 6.06. The minimum absolute atomic E-state index is 0.0878. The maximum absolute atomic E-state index is 13.0. The van der Waals surface area contributed by atoms with Crippen LogP contribution in [0.2, 0.25) is 5.02 Å². The van der Waals surface area contributed by atoms with Crippen molar-refractivity contribution in [3.8, 4) is 5.69 Å². The van der Waals surface area contributed by atoms with E-state index in [4.69, 9.17) is 11.6 Å². The van der Waals surface area contributed by atoms with Gasteiger partial charge in [0.25, 0.3) is 5.91 Å². The van der Waals surface area contributed by atoms with Crippen LogP contribution in [0.15, 0.2) is 67.0 Å². The van der Waals surface area contributed by atoms with Crippen molar-refractivity contribution < 1.29 is 18.0 Å². The molecule has 3 aromatic rings. The molecule has 0 atom stereocenters. The Bertz CT molecular complexity index is 905. The van der Waals surface area contributed by atoms with E-state index >= 15 is 0 Å². The number of carbonyl (C=O) groups excluding carboxylic acids is 1. The largest absolute Gasteiger partial charge is 0.418 e. The van der Waals surface area contributed by atoms with Crippen LogP contribution in [0.25, 0.3) is 5.69 Å². The van der Waals surface area contributed by atoms with Gasteiger partial charge in [-0.2, -0.15) is 13.2 Å². The predicted octanol–water partition coefficient (Wildman–Crippen LogP) is 5.40. The molecule has 0 spiro atoms. The zero-order chi connectivity index (χ0) is 18.0. The van der Waals surface area contributed by atoms with Crippen LogP contribution < -0.4 is 5.32 Å². The highest BCUT2D eigenvalue weighted by Gasteiger charge is 2.33. The molecular weight excluding hydrogens is 353 g/mol. The highest BCUT2D eigenvalue weighted by molar-refractivity contribution is 6.34. The number of nitrogens with zero attached hydrogens (tertiary/aromatic N) is 1. The minimum atomic E-state index is -4.57. The van der Waals surface area contributed by atoms with E-state index in [-0.39, 0.29) is 16.3 Å². The first-order chi connectivity index (χ1) is 11.9. The number of halogens is 4. The fourth-order valence-corrected chi connectivity index (χ4v) is 2.59. The zero-order valence-electron chi connectivity index (χ0n) is 12.7. The van der Waals surface area contributed by atoms with E-state index in [0.717, 1.165) is 6.07 Å². The minimum Gasteiger partial charge on any atom is -0.324 e. The Morgan fingerprint density at radius 3 is 2.36 bits per heavy atom. The Kier molecular flexibility index (Phi) is 4.55. The quantitative estimate of drug-likeness (QED) is 0.663. The summed E-state index contributed by atoms with van der Waals surface area (Å²) in [5, 5.41) is 2.44. The average molecular weight is 365 g/mol. The molecular formula is C18H12ClF3N2O. The summed E-state index contributed by atoms with van der Waals surface area (Å²) in [5.41, 5.74) is -0.475. The first kappa shape index (κ1) is 17.1. The van der Waals surface area contributed by atoms with Crippen LogP contribution in [0.4, 0.5) is 18.9 Å². The summed E-state index contributed by atoms with van der Waals surface area (Å²) in [5.74, 6) is -0.712. The molecule has 0 saturated heterocycles. The molecule has 7 heteroatoms. The lowest BCUT2D eigenvalue weighted by Gasteiger charge is -2.14. The highest BCUT2D eigenvalue weighted by atomic mass is 35.5. The van der Waals surface area contributed by atoms with Gasteiger partial charge >= 0.3 is 6.18 Å². The lowest BCUT2D eigenvalue weighted by atomic mass is 10.1. The molecule has 3 rings (SSSR count). The summed E-state index contributed by atoms with van der Waals surface area (Å²) in [6.07, 6.45) is -1.01. The molecule has 0 radical (unpaired) electrons. The van der Waals surface area contributed by atoms with Crippen molar-refractivity contribution >= 4 is 23.2 Å². The third-order valence-electron chi connectivity index (χ3n) is 3.58. The van der Waals surface area contributed by atoms with E-state index < -0.39 is 17.6 Å². The monoisotopic (exact) mass is 364 g/mol. The van der Waals surface area contributed by atoms with E-state index in [1.54, 1.807) is 23.0 Å². The second kappa shape index (κ2) is 6.64. The SMILES string of the molecule is O=C(Nc1ccccc1C(F)(F)F)c1cc(-n2cccc2)ccc1Cl. The van der Waals surface area contributed by atoms with Crippen LogP contribution in [-0.2, 0) is 6.18 Å². The lowest BCUT2D eigenvalue weighted by molar-refractivity contribution is -0.136. The number of hydrogen-bond acceptors (Lipinski definition) is 1. The molecule has 0 aliphatic rings. The molecule has 0 aliphatic heterocycles. The normalized spacial score (nSPS) is 11.4. The van der Waals surface area contributed by atoms with Gasteiger partial charge < -0.3 is 9.88 Å². The van der Waals surface area contributed by atoms with Crippen molar-refractivity contribution in [1.82, 2.24) is 4.57 Å². The van der Waals surface area contributed by atoms with Gasteiger partial charge in [-0.1, -0.05) is 23.7 Å². The third-order valence-corrected chi connectivity index (χ3v) is 3.91. The Hall–Kier alpha value is -2.73. The molecule has 0 aliphatic carbocycles. The number of hydrogen-bond donors (Lipinski definition) is 1. The van der Waals surface area contributed by atoms with Crippen molar-refractivity contribution in [2.75, 3.05) is 5.32 Å². The van der Waals surface area contributed by atoms with Crippen LogP contribution in [-0.4, -0.2) is 10.5 Å². The molecule has 1 amide bonds. The van der Waals surface area contributed by atoms with Crippen molar-refractivity contribution in [3.05, 3.63) is 83.1 Å². The standard InChI is InChI=1S/C18H12ClF3N2O/c19-15-8-7-12(24-9-3-4-10-24)11-13(15)17(25)23-16-6-2-1-5-14(16)18(20,21)22/h1-11H,(H,23,25). The molecule has 1 aromatic heterocycles. The van der Waals surface area contributed by atoms with E-state index in [0.29, 0.717) is 5.69 Å². The van der Waals surface area contributed by atoms with Crippen molar-refractivity contribution in [2.24, 2.45) is 0 Å². The van der Waals surface area contributed by atoms with E-state index in [9.17, 15) is 18.0 Å². The van der Waals surface area contributed by atoms with Crippen molar-refractivity contribution in [3.63, 3.8) is 0 Å². The second-order valence-electron chi connectivity index (χ2n) is 5.25. The zero-order valence-corrected chi connectivity index (χ0v) is 13.5. The second-order valence-corrected chi connectivity index (χ2v) is 5.66. The summed E-state index contributed by atoms with van der Waals surface area (Å²) in [7, 11) is 0. The highest BCUT2D eigenvalue weighted by Crippen LogP contribution is 2.35. The van der Waals surface area contributed by atoms with Gasteiger partial charge in [-0.3, -0.25) is 4.79 Å². The van der Waals surface area contributed by atoms with Crippen molar-refractivity contribution in [1.29, 1.82) is 0 Å². The Labute approximate surface area is 146 Å². The van der Waals surface area contributed by atoms with Gasteiger partial charge in [0.2, 0.25) is 0 Å². The lowest BCUT2D eigenvalue weighted by Crippen LogP contribution is -2.17. The summed E-state index contributed by atoms with van der Waals surface area (Å²) in [6, 6.07) is 13.2. The first-order valence-electron chi connectivity index (χ1n) is 7.27. The summed E-state index contributed by atoms with van der Waals surface area (Å²) < 4.78 is 40.9. The average Bonchev–Trinajstić information content (AvgIpc) is 3.09. The fourth-order valence-electron chi connectivity index (χ4n) is 2.38. The maximum Gasteiger partial charge on any atom is 0.418 e. The summed E-state index contributed by atoms with van der Waals surface area (Å²) in [6.45, 7) is 0. The van der Waals surface area contributed by atoms with Crippen LogP contribution in [0, 0.1) is 0 Å². The smallest absolute Gasteiger partial charge is 0.324 e. The number of anilines is 1. The molecule has 0 saturated carbocycles. The van der Waals surface area contributed by atoms with E-state index in [1.807, 2.05) is 12.1 Å². The molecule has 0 unspecified atom stereocenters. The third kappa shape index (κ3) is 3.69. The van der Waals surface area contributed by atoms with E-state index in [2.05, 4.69) is 5.32 Å². The number of para-hydroxylation sites is 1. The molecule has 1 heterocycles. The van der Waals surface area contributed by atoms with Gasteiger partial charge in [0.15, 0.2) is 0 Å². The van der Waals surface area contributed by atoms with E-state index in [1.165, 1.54) is 30.3 Å². The van der Waals surface area contributed by atoms with Crippen LogP contribution >= 0.6 is 11.6 Å². The van der Waals surface area contributed by atoms with Crippen LogP contribution in [0.1, 0.15) is 15.9 Å². The maximum atomic E-state index is 13.0. The number of amides is 1. The molecule has 128 valence electrons. The number of nitrogens with one attached hydrogen (secondary N) is 1.